The summed E-state index contributed by atoms with van der Waals surface area (Å²) in [4.78, 5) is 11.7. The van der Waals surface area contributed by atoms with Crippen molar-refractivity contribution in [2.24, 2.45) is 0 Å². The lowest BCUT2D eigenvalue weighted by molar-refractivity contribution is -0.144. The van der Waals surface area contributed by atoms with E-state index in [1.54, 1.807) is 13.8 Å². The van der Waals surface area contributed by atoms with Crippen LogP contribution in [0.3, 0.4) is 0 Å². The monoisotopic (exact) mass is 331 g/mol. The van der Waals surface area contributed by atoms with E-state index in [9.17, 15) is 13.2 Å². The van der Waals surface area contributed by atoms with Gasteiger partial charge in [-0.2, -0.15) is 4.31 Å². The van der Waals surface area contributed by atoms with Crippen molar-refractivity contribution in [3.8, 4) is 0 Å². The first-order valence-electron chi connectivity index (χ1n) is 7.49. The van der Waals surface area contributed by atoms with Crippen molar-refractivity contribution in [3.63, 3.8) is 0 Å². The molecule has 0 amide bonds. The molecule has 1 saturated heterocycles. The Morgan fingerprint density at radius 3 is 2.82 bits per heavy atom. The van der Waals surface area contributed by atoms with E-state index < -0.39 is 16.1 Å². The molecule has 0 N–H and O–H groups in total. The summed E-state index contributed by atoms with van der Waals surface area (Å²) in [6, 6.07) is -0.404. The molecule has 8 nitrogen and oxygen atoms in total. The molecular weight excluding hydrogens is 310 g/mol. The Labute approximate surface area is 129 Å². The Morgan fingerprint density at radius 2 is 2.14 bits per heavy atom. The van der Waals surface area contributed by atoms with E-state index in [0.717, 1.165) is 12.8 Å². The molecule has 22 heavy (non-hydrogen) atoms. The molecule has 0 saturated carbocycles. The number of nitrogens with zero attached hydrogens (tertiary/aromatic N) is 3. The van der Waals surface area contributed by atoms with Gasteiger partial charge in [-0.1, -0.05) is 18.5 Å². The van der Waals surface area contributed by atoms with Gasteiger partial charge in [0.05, 0.1) is 13.0 Å². The van der Waals surface area contributed by atoms with Crippen LogP contribution in [-0.4, -0.2) is 48.2 Å². The minimum atomic E-state index is -3.81. The third-order valence-corrected chi connectivity index (χ3v) is 5.59. The van der Waals surface area contributed by atoms with Crippen LogP contribution in [0.15, 0.2) is 9.65 Å². The largest absolute Gasteiger partial charge is 0.466 e. The maximum atomic E-state index is 12.8. The molecule has 0 aliphatic carbocycles. The highest BCUT2D eigenvalue weighted by Gasteiger charge is 2.38. The maximum Gasteiger partial charge on any atom is 0.307 e. The molecule has 1 fully saturated rings. The van der Waals surface area contributed by atoms with Gasteiger partial charge in [0.25, 0.3) is 10.0 Å². The van der Waals surface area contributed by atoms with Crippen LogP contribution in [0.1, 0.15) is 45.2 Å². The Balaban J connectivity index is 2.24. The van der Waals surface area contributed by atoms with Crippen LogP contribution in [-0.2, 0) is 26.0 Å². The minimum Gasteiger partial charge on any atom is -0.466 e. The lowest BCUT2D eigenvalue weighted by Gasteiger charge is -2.33. The number of carbonyl (C=O) groups excluding carboxylic acids is 1. The predicted octanol–water partition coefficient (Wildman–Crippen LogP) is 1.13. The summed E-state index contributed by atoms with van der Waals surface area (Å²) < 4.78 is 36.4. The fraction of sp³-hybridized carbons (Fsp3) is 0.769. The number of ether oxygens (including phenoxy) is 1. The molecule has 9 heteroatoms. The molecule has 124 valence electrons. The van der Waals surface area contributed by atoms with Gasteiger partial charge >= 0.3 is 5.97 Å². The highest BCUT2D eigenvalue weighted by atomic mass is 32.2. The summed E-state index contributed by atoms with van der Waals surface area (Å²) in [5.74, 6) is -0.386. The molecule has 2 heterocycles. The molecular formula is C13H21N3O5S. The molecule has 0 aromatic carbocycles. The van der Waals surface area contributed by atoms with Crippen LogP contribution in [0.25, 0.3) is 0 Å². The van der Waals surface area contributed by atoms with Gasteiger partial charge in [-0.25, -0.2) is 13.0 Å². The number of hydrogen-bond donors (Lipinski definition) is 0. The van der Waals surface area contributed by atoms with Crippen LogP contribution >= 0.6 is 0 Å². The van der Waals surface area contributed by atoms with Crippen LogP contribution in [0.2, 0.25) is 0 Å². The first-order valence-corrected chi connectivity index (χ1v) is 8.93. The molecule has 1 aromatic heterocycles. The second-order valence-electron chi connectivity index (χ2n) is 5.14. The lowest BCUT2D eigenvalue weighted by atomic mass is 10.0. The highest BCUT2D eigenvalue weighted by molar-refractivity contribution is 7.89. The van der Waals surface area contributed by atoms with E-state index in [0.29, 0.717) is 25.1 Å². The zero-order valence-electron chi connectivity index (χ0n) is 12.8. The van der Waals surface area contributed by atoms with E-state index in [1.165, 1.54) is 4.31 Å². The molecule has 1 unspecified atom stereocenters. The van der Waals surface area contributed by atoms with E-state index in [2.05, 4.69) is 14.9 Å². The molecule has 1 atom stereocenters. The number of carbonyl (C=O) groups is 1. The molecule has 0 spiro atoms. The summed E-state index contributed by atoms with van der Waals surface area (Å²) in [5, 5.41) is 7.03. The highest BCUT2D eigenvalue weighted by Crippen LogP contribution is 2.27. The van der Waals surface area contributed by atoms with E-state index in [4.69, 9.17) is 4.74 Å². The number of aryl methyl sites for hydroxylation is 1. The number of esters is 1. The zero-order valence-corrected chi connectivity index (χ0v) is 13.6. The van der Waals surface area contributed by atoms with Crippen LogP contribution in [0.4, 0.5) is 0 Å². The Bertz CT molecular complexity index is 613. The standard InChI is InChI=1S/C13H21N3O5S/c1-3-11-13(15-21-14-11)22(18,19)16-8-6-5-7-10(16)9-12(17)20-4-2/h10H,3-9H2,1-2H3. The van der Waals surface area contributed by atoms with Crippen molar-refractivity contribution in [1.82, 2.24) is 14.6 Å². The minimum absolute atomic E-state index is 0.0554. The molecule has 2 rings (SSSR count). The Hall–Kier alpha value is -1.48. The third kappa shape index (κ3) is 3.46. The molecule has 1 aliphatic rings. The Morgan fingerprint density at radius 1 is 1.36 bits per heavy atom. The van der Waals surface area contributed by atoms with Crippen molar-refractivity contribution < 1.29 is 22.6 Å². The summed E-state index contributed by atoms with van der Waals surface area (Å²) in [7, 11) is -3.81. The fourth-order valence-corrected chi connectivity index (χ4v) is 4.40. The van der Waals surface area contributed by atoms with Gasteiger partial charge in [0.2, 0.25) is 5.03 Å². The van der Waals surface area contributed by atoms with Gasteiger partial charge in [-0.05, 0) is 31.3 Å². The summed E-state index contributed by atoms with van der Waals surface area (Å²) in [6.45, 7) is 4.15. The van der Waals surface area contributed by atoms with Gasteiger partial charge in [-0.15, -0.1) is 0 Å². The third-order valence-electron chi connectivity index (χ3n) is 3.69. The number of aromatic nitrogens is 2. The van der Waals surface area contributed by atoms with Gasteiger partial charge in [-0.3, -0.25) is 4.79 Å². The molecule has 0 bridgehead atoms. The van der Waals surface area contributed by atoms with Gasteiger partial charge in [0.1, 0.15) is 5.69 Å². The van der Waals surface area contributed by atoms with Crippen molar-refractivity contribution in [2.75, 3.05) is 13.2 Å². The van der Waals surface area contributed by atoms with Crippen LogP contribution in [0.5, 0.6) is 0 Å². The summed E-state index contributed by atoms with van der Waals surface area (Å²) in [5.41, 5.74) is 0.306. The van der Waals surface area contributed by atoms with E-state index in [-0.39, 0.29) is 24.0 Å². The van der Waals surface area contributed by atoms with Crippen molar-refractivity contribution in [3.05, 3.63) is 5.69 Å². The maximum absolute atomic E-state index is 12.8. The molecule has 0 radical (unpaired) electrons. The lowest BCUT2D eigenvalue weighted by Crippen LogP contribution is -2.45. The zero-order chi connectivity index (χ0) is 16.2. The number of piperidine rings is 1. The quantitative estimate of drug-likeness (QED) is 0.720. The van der Waals surface area contributed by atoms with Gasteiger partial charge in [0, 0.05) is 12.6 Å². The van der Waals surface area contributed by atoms with Crippen LogP contribution < -0.4 is 0 Å². The second-order valence-corrected chi connectivity index (χ2v) is 6.95. The Kier molecular flexibility index (Phi) is 5.52. The topological polar surface area (TPSA) is 103 Å². The first-order chi connectivity index (χ1) is 10.5. The normalized spacial score (nSPS) is 20.0. The first kappa shape index (κ1) is 16.9. The smallest absolute Gasteiger partial charge is 0.307 e. The summed E-state index contributed by atoms with van der Waals surface area (Å²) >= 11 is 0. The van der Waals surface area contributed by atoms with Crippen molar-refractivity contribution in [1.29, 1.82) is 0 Å². The van der Waals surface area contributed by atoms with Gasteiger partial charge < -0.3 is 4.74 Å². The number of sulfonamides is 1. The van der Waals surface area contributed by atoms with Crippen molar-refractivity contribution in [2.45, 2.75) is 57.0 Å². The number of rotatable bonds is 6. The average molecular weight is 331 g/mol. The predicted molar refractivity (Wildman–Crippen MR) is 76.5 cm³/mol. The SMILES string of the molecule is CCOC(=O)CC1CCCCN1S(=O)(=O)c1nonc1CC. The summed E-state index contributed by atoms with van der Waals surface area (Å²) in [6.07, 6.45) is 2.73. The van der Waals surface area contributed by atoms with Gasteiger partial charge in [0.15, 0.2) is 0 Å². The molecule has 1 aliphatic heterocycles. The second kappa shape index (κ2) is 7.19. The number of hydrogen-bond acceptors (Lipinski definition) is 7. The fourth-order valence-electron chi connectivity index (χ4n) is 2.63. The van der Waals surface area contributed by atoms with Crippen molar-refractivity contribution >= 4 is 16.0 Å². The average Bonchev–Trinajstić information content (AvgIpc) is 2.97. The molecule has 1 aromatic rings. The van der Waals surface area contributed by atoms with E-state index >= 15 is 0 Å². The van der Waals surface area contributed by atoms with E-state index in [1.807, 2.05) is 0 Å². The van der Waals surface area contributed by atoms with Crippen LogP contribution in [0, 0.1) is 0 Å².